The Kier molecular flexibility index (Phi) is 120. The molecule has 0 fully saturated rings. The number of rotatable bonds is 0. The van der Waals surface area contributed by atoms with Crippen molar-refractivity contribution in [3.63, 3.8) is 0 Å². The van der Waals surface area contributed by atoms with Crippen molar-refractivity contribution in [2.45, 2.75) is 0 Å². The van der Waals surface area contributed by atoms with Gasteiger partial charge in [-0.05, 0) is 0 Å². The molecule has 0 aromatic rings. The summed E-state index contributed by atoms with van der Waals surface area (Å²) in [4.78, 5) is 0. The molecule has 0 unspecified atom stereocenters. The molecule has 0 radical (unpaired) electrons. The minimum absolute atomic E-state index is 0. The van der Waals surface area contributed by atoms with Crippen LogP contribution in [0.1, 0.15) is 0 Å². The van der Waals surface area contributed by atoms with Crippen LogP contribution in [0, 0.1) is 0 Å². The summed E-state index contributed by atoms with van der Waals surface area (Å²) < 4.78 is 0. The van der Waals surface area contributed by atoms with Crippen LogP contribution in [0.2, 0.25) is 0 Å². The molecular weight excluding hydrogens is 602 g/mol. The van der Waals surface area contributed by atoms with E-state index in [4.69, 9.17) is 8.25 Å². The maximum absolute atomic E-state index is 4.83. The van der Waals surface area contributed by atoms with Crippen LogP contribution in [-0.4, -0.2) is 0 Å². The van der Waals surface area contributed by atoms with Crippen LogP contribution in [0.3, 0.4) is 0 Å². The molecule has 0 aliphatic rings. The Morgan fingerprint density at radius 1 is 1.00 bits per heavy atom. The SMILES string of the molecule is [Cd+2].[Cl][Hg].[I-].[I-]. The molecule has 0 bridgehead atoms. The van der Waals surface area contributed by atoms with Crippen LogP contribution in [0.5, 0.6) is 0 Å². The molecule has 0 saturated heterocycles. The van der Waals surface area contributed by atoms with Gasteiger partial charge in [-0.25, -0.2) is 0 Å². The van der Waals surface area contributed by atoms with E-state index in [2.05, 4.69) is 0 Å². The summed E-state index contributed by atoms with van der Waals surface area (Å²) >= 11 is 0.500. The van der Waals surface area contributed by atoms with Gasteiger partial charge in [0.2, 0.25) is 0 Å². The Balaban J connectivity index is -0.00000000167. The fourth-order valence-electron chi connectivity index (χ4n) is 0. The van der Waals surface area contributed by atoms with Crippen molar-refractivity contribution in [3.05, 3.63) is 0 Å². The zero-order valence-electron chi connectivity index (χ0n) is 2.55. The van der Waals surface area contributed by atoms with Gasteiger partial charge in [-0.2, -0.15) is 0 Å². The van der Waals surface area contributed by atoms with Gasteiger partial charge in [0, 0.05) is 0 Å². The molecule has 0 spiro atoms. The summed E-state index contributed by atoms with van der Waals surface area (Å²) in [6, 6.07) is 0. The van der Waals surface area contributed by atoms with Gasteiger partial charge in [0.25, 0.3) is 0 Å². The third-order valence-electron chi connectivity index (χ3n) is 0. The Morgan fingerprint density at radius 2 is 1.00 bits per heavy atom. The first-order valence-electron chi connectivity index (χ1n) is 0.267. The maximum atomic E-state index is 4.83. The molecule has 0 aliphatic heterocycles. The van der Waals surface area contributed by atoms with Crippen LogP contribution in [0.25, 0.3) is 0 Å². The minimum atomic E-state index is 0. The van der Waals surface area contributed by atoms with Gasteiger partial charge in [-0.1, -0.05) is 0 Å². The Morgan fingerprint density at radius 3 is 1.00 bits per heavy atom. The third kappa shape index (κ3) is 18.4. The summed E-state index contributed by atoms with van der Waals surface area (Å²) in [6.45, 7) is 0. The van der Waals surface area contributed by atoms with Gasteiger partial charge >= 0.3 is 60.4 Å². The fourth-order valence-corrected chi connectivity index (χ4v) is 0. The summed E-state index contributed by atoms with van der Waals surface area (Å²) in [5.41, 5.74) is 0. The number of halogens is 3. The molecule has 5 heteroatoms. The Bertz CT molecular complexity index is 9.61. The van der Waals surface area contributed by atoms with Crippen LogP contribution < -0.4 is 48.0 Å². The van der Waals surface area contributed by atoms with Crippen molar-refractivity contribution < 1.29 is 100 Å². The molecule has 0 heterocycles. The molecule has 0 atom stereocenters. The van der Waals surface area contributed by atoms with Crippen molar-refractivity contribution in [3.8, 4) is 0 Å². The normalized spacial score (nSPS) is 1.40. The molecule has 0 nitrogen and oxygen atoms in total. The predicted octanol–water partition coefficient (Wildman–Crippen LogP) is -5.31. The van der Waals surface area contributed by atoms with E-state index in [1.165, 1.54) is 0 Å². The molecule has 0 saturated carbocycles. The fraction of sp³-hybridized carbons (Fsp3) is 0. The van der Waals surface area contributed by atoms with Crippen LogP contribution in [0.15, 0.2) is 0 Å². The summed E-state index contributed by atoms with van der Waals surface area (Å²) in [6.07, 6.45) is 0. The second kappa shape index (κ2) is 25.5. The molecule has 0 N–H and O–H groups in total. The van der Waals surface area contributed by atoms with Gasteiger partial charge in [0.1, 0.15) is 0 Å². The van der Waals surface area contributed by atoms with E-state index in [1.807, 2.05) is 0 Å². The second-order valence-corrected chi connectivity index (χ2v) is 0. The second-order valence-electron chi connectivity index (χ2n) is 0. The quantitative estimate of drug-likeness (QED) is 0.192. The topological polar surface area (TPSA) is 0 Å². The van der Waals surface area contributed by atoms with Crippen molar-refractivity contribution >= 4 is 8.25 Å². The van der Waals surface area contributed by atoms with Gasteiger partial charge < -0.3 is 48.0 Å². The number of hydrogen-bond acceptors (Lipinski definition) is 0. The minimum Gasteiger partial charge on any atom is -1.00 e. The number of hydrogen-bond donors (Lipinski definition) is 0. The summed E-state index contributed by atoms with van der Waals surface area (Å²) in [7, 11) is 4.83. The van der Waals surface area contributed by atoms with Crippen molar-refractivity contribution in [1.29, 1.82) is 0 Å². The molecule has 0 aliphatic carbocycles. The standard InChI is InChI=1S/Cd.ClH.Hg.2HI/h;1H;;2*1H/q+2;;+1;;/p-3. The first-order chi connectivity index (χ1) is 1.00. The van der Waals surface area contributed by atoms with Gasteiger partial charge in [-0.3, -0.25) is 0 Å². The molecule has 25 valence electrons. The van der Waals surface area contributed by atoms with E-state index in [0.29, 0.717) is 24.9 Å². The molecule has 5 heavy (non-hydrogen) atoms. The smallest absolute Gasteiger partial charge is 1.00 e. The van der Waals surface area contributed by atoms with Gasteiger partial charge in [0.15, 0.2) is 0 Å². The largest absolute Gasteiger partial charge is 1.00 e. The van der Waals surface area contributed by atoms with Gasteiger partial charge in [0.05, 0.1) is 0 Å². The van der Waals surface area contributed by atoms with Crippen LogP contribution >= 0.6 is 8.25 Å². The Labute approximate surface area is 106 Å². The van der Waals surface area contributed by atoms with Crippen molar-refractivity contribution in [1.82, 2.24) is 0 Å². The first-order valence-corrected chi connectivity index (χ1v) is 7.04. The van der Waals surface area contributed by atoms with Gasteiger partial charge in [-0.15, -0.1) is 0 Å². The zero-order valence-corrected chi connectivity index (χ0v) is 17.2. The monoisotopic (exact) mass is 605 g/mol. The average Bonchev–Trinajstić information content (AvgIpc) is 1.00. The van der Waals surface area contributed by atoms with E-state index in [0.717, 1.165) is 0 Å². The third-order valence-corrected chi connectivity index (χ3v) is 0. The van der Waals surface area contributed by atoms with E-state index >= 15 is 0 Å². The van der Waals surface area contributed by atoms with E-state index in [1.54, 1.807) is 0 Å². The van der Waals surface area contributed by atoms with Crippen LogP contribution in [0.4, 0.5) is 0 Å². The molecular formula is CdClHgI2. The van der Waals surface area contributed by atoms with E-state index < -0.39 is 0 Å². The molecule has 0 aromatic carbocycles. The summed E-state index contributed by atoms with van der Waals surface area (Å²) in [5.74, 6) is 0. The van der Waals surface area contributed by atoms with E-state index in [-0.39, 0.29) is 75.3 Å². The molecule has 0 rings (SSSR count). The molecule has 0 amide bonds. The van der Waals surface area contributed by atoms with Crippen LogP contribution in [-0.2, 0) is 52.2 Å². The zero-order chi connectivity index (χ0) is 2.00. The van der Waals surface area contributed by atoms with Crippen molar-refractivity contribution in [2.75, 3.05) is 0 Å². The average molecular weight is 602 g/mol. The van der Waals surface area contributed by atoms with Crippen molar-refractivity contribution in [2.24, 2.45) is 0 Å². The van der Waals surface area contributed by atoms with E-state index in [9.17, 15) is 0 Å². The maximum Gasteiger partial charge on any atom is -1.00 e. The first kappa shape index (κ1) is 23.5. The summed E-state index contributed by atoms with van der Waals surface area (Å²) in [5, 5.41) is 0. The molecule has 0 aromatic heterocycles. The predicted molar refractivity (Wildman–Crippen MR) is 5.85 cm³/mol. The Hall–Kier alpha value is 3.61.